The van der Waals surface area contributed by atoms with Crippen LogP contribution in [0.1, 0.15) is 10.4 Å². The number of halogens is 3. The number of anilines is 1. The second-order valence-corrected chi connectivity index (χ2v) is 5.42. The van der Waals surface area contributed by atoms with Gasteiger partial charge in [-0.3, -0.25) is 10.2 Å². The van der Waals surface area contributed by atoms with Crippen molar-refractivity contribution in [1.82, 2.24) is 0 Å². The molecule has 0 aromatic heterocycles. The van der Waals surface area contributed by atoms with E-state index in [0.29, 0.717) is 26.3 Å². The van der Waals surface area contributed by atoms with Crippen molar-refractivity contribution in [1.29, 1.82) is 5.26 Å². The minimum atomic E-state index is -0.517. The highest BCUT2D eigenvalue weighted by molar-refractivity contribution is 6.51. The Morgan fingerprint density at radius 2 is 1.68 bits per heavy atom. The molecule has 4 nitrogen and oxygen atoms in total. The number of rotatable bonds is 4. The van der Waals surface area contributed by atoms with E-state index in [9.17, 15) is 4.79 Å². The first-order chi connectivity index (χ1) is 10.5. The first-order valence-electron chi connectivity index (χ1n) is 6.00. The Labute approximate surface area is 141 Å². The van der Waals surface area contributed by atoms with Crippen molar-refractivity contribution in [3.8, 4) is 6.07 Å². The third-order valence-electron chi connectivity index (χ3n) is 2.65. The van der Waals surface area contributed by atoms with Gasteiger partial charge in [-0.1, -0.05) is 34.8 Å². The predicted molar refractivity (Wildman–Crippen MR) is 88.9 cm³/mol. The first-order valence-corrected chi connectivity index (χ1v) is 7.14. The molecule has 0 aliphatic carbocycles. The molecule has 22 heavy (non-hydrogen) atoms. The molecule has 0 amide bonds. The van der Waals surface area contributed by atoms with Crippen LogP contribution in [0, 0.1) is 11.3 Å². The van der Waals surface area contributed by atoms with Crippen LogP contribution in [0.2, 0.25) is 15.1 Å². The van der Waals surface area contributed by atoms with E-state index in [4.69, 9.17) is 40.1 Å². The lowest BCUT2D eigenvalue weighted by Gasteiger charge is -2.04. The zero-order valence-electron chi connectivity index (χ0n) is 11.0. The summed E-state index contributed by atoms with van der Waals surface area (Å²) < 4.78 is 0. The molecule has 0 bridgehead atoms. The molecule has 0 fully saturated rings. The number of hydrogen-bond donors (Lipinski definition) is 1. The monoisotopic (exact) mass is 351 g/mol. The summed E-state index contributed by atoms with van der Waals surface area (Å²) in [6.45, 7) is 0. The van der Waals surface area contributed by atoms with Gasteiger partial charge in [0.2, 0.25) is 11.5 Å². The molecular formula is C15H8Cl3N3O. The second kappa shape index (κ2) is 7.28. The largest absolute Gasteiger partial charge is 0.286 e. The number of hydrogen-bond acceptors (Lipinski definition) is 4. The van der Waals surface area contributed by atoms with Gasteiger partial charge in [-0.25, -0.2) is 0 Å². The zero-order valence-corrected chi connectivity index (χ0v) is 13.2. The van der Waals surface area contributed by atoms with E-state index >= 15 is 0 Å². The molecule has 1 N–H and O–H groups in total. The Morgan fingerprint density at radius 1 is 1.05 bits per heavy atom. The van der Waals surface area contributed by atoms with Gasteiger partial charge in [-0.2, -0.15) is 10.4 Å². The number of benzene rings is 2. The average Bonchev–Trinajstić information content (AvgIpc) is 2.50. The number of carbonyl (C=O) groups is 1. The summed E-state index contributed by atoms with van der Waals surface area (Å²) in [7, 11) is 0. The van der Waals surface area contributed by atoms with Gasteiger partial charge in [0.15, 0.2) is 0 Å². The smallest absolute Gasteiger partial charge is 0.223 e. The molecule has 0 spiro atoms. The molecule has 2 aromatic carbocycles. The van der Waals surface area contributed by atoms with Gasteiger partial charge in [0, 0.05) is 15.6 Å². The minimum absolute atomic E-state index is 0.298. The fourth-order valence-electron chi connectivity index (χ4n) is 1.56. The molecule has 0 unspecified atom stereocenters. The van der Waals surface area contributed by atoms with E-state index in [1.807, 2.05) is 0 Å². The van der Waals surface area contributed by atoms with Crippen LogP contribution in [0.4, 0.5) is 5.69 Å². The van der Waals surface area contributed by atoms with Gasteiger partial charge in [-0.15, -0.1) is 0 Å². The summed E-state index contributed by atoms with van der Waals surface area (Å²) in [4.78, 5) is 12.2. The molecule has 110 valence electrons. The van der Waals surface area contributed by atoms with Crippen molar-refractivity contribution in [2.45, 2.75) is 0 Å². The maximum Gasteiger partial charge on any atom is 0.223 e. The van der Waals surface area contributed by atoms with Crippen LogP contribution in [0.25, 0.3) is 0 Å². The average molecular weight is 353 g/mol. The molecule has 0 aliphatic rings. The number of nitrogens with zero attached hydrogens (tertiary/aromatic N) is 2. The highest BCUT2D eigenvalue weighted by atomic mass is 35.5. The van der Waals surface area contributed by atoms with Gasteiger partial charge < -0.3 is 0 Å². The minimum Gasteiger partial charge on any atom is -0.286 e. The van der Waals surface area contributed by atoms with Crippen molar-refractivity contribution in [3.63, 3.8) is 0 Å². The van der Waals surface area contributed by atoms with E-state index < -0.39 is 5.78 Å². The highest BCUT2D eigenvalue weighted by Crippen LogP contribution is 2.25. The fourth-order valence-corrected chi connectivity index (χ4v) is 2.14. The molecule has 0 aliphatic heterocycles. The third kappa shape index (κ3) is 3.99. The number of hydrazone groups is 1. The van der Waals surface area contributed by atoms with E-state index in [2.05, 4.69) is 10.5 Å². The van der Waals surface area contributed by atoms with Crippen LogP contribution in [-0.2, 0) is 0 Å². The van der Waals surface area contributed by atoms with Crippen LogP contribution >= 0.6 is 34.8 Å². The van der Waals surface area contributed by atoms with E-state index in [1.54, 1.807) is 30.3 Å². The third-order valence-corrected chi connectivity index (χ3v) is 3.45. The number of nitrogens with one attached hydrogen (secondary N) is 1. The lowest BCUT2D eigenvalue weighted by Crippen LogP contribution is -2.14. The highest BCUT2D eigenvalue weighted by Gasteiger charge is 2.14. The molecule has 2 rings (SSSR count). The van der Waals surface area contributed by atoms with Gasteiger partial charge in [-0.05, 0) is 42.5 Å². The standard InChI is InChI=1S/C15H8Cl3N3O/c16-10-3-1-9(2-4-10)15(22)14(8-19)21-20-13-6-5-11(17)7-12(13)18/h1-7,20H/b21-14-. The number of nitriles is 1. The van der Waals surface area contributed by atoms with Crippen LogP contribution in [0.3, 0.4) is 0 Å². The first kappa shape index (κ1) is 16.3. The number of Topliss-reactive ketones (excluding diaryl/α,β-unsaturated/α-hetero) is 1. The Bertz CT molecular complexity index is 780. The normalized spacial score (nSPS) is 10.9. The maximum atomic E-state index is 12.2. The molecule has 0 radical (unpaired) electrons. The number of carbonyl (C=O) groups excluding carboxylic acids is 1. The SMILES string of the molecule is N#C/C(=N/Nc1ccc(Cl)cc1Cl)C(=O)c1ccc(Cl)cc1. The molecule has 0 atom stereocenters. The molecule has 0 saturated carbocycles. The van der Waals surface area contributed by atoms with Gasteiger partial charge in [0.25, 0.3) is 0 Å². The molecular weight excluding hydrogens is 345 g/mol. The topological polar surface area (TPSA) is 65.2 Å². The van der Waals surface area contributed by atoms with Gasteiger partial charge in [0.05, 0.1) is 10.7 Å². The molecule has 0 saturated heterocycles. The van der Waals surface area contributed by atoms with Crippen LogP contribution in [0.15, 0.2) is 47.6 Å². The van der Waals surface area contributed by atoms with E-state index in [-0.39, 0.29) is 5.71 Å². The summed E-state index contributed by atoms with van der Waals surface area (Å²) >= 11 is 17.5. The zero-order chi connectivity index (χ0) is 16.1. The second-order valence-electron chi connectivity index (χ2n) is 4.14. The predicted octanol–water partition coefficient (Wildman–Crippen LogP) is 4.82. The Balaban J connectivity index is 2.22. The molecule has 2 aromatic rings. The van der Waals surface area contributed by atoms with Crippen LogP contribution in [-0.4, -0.2) is 11.5 Å². The Morgan fingerprint density at radius 3 is 2.27 bits per heavy atom. The Kier molecular flexibility index (Phi) is 5.40. The van der Waals surface area contributed by atoms with E-state index in [1.165, 1.54) is 18.2 Å². The Hall–Kier alpha value is -2.06. The van der Waals surface area contributed by atoms with Crippen molar-refractivity contribution in [2.24, 2.45) is 5.10 Å². The lowest BCUT2D eigenvalue weighted by atomic mass is 10.1. The quantitative estimate of drug-likeness (QED) is 0.487. The van der Waals surface area contributed by atoms with E-state index in [0.717, 1.165) is 0 Å². The van der Waals surface area contributed by atoms with Crippen LogP contribution < -0.4 is 5.43 Å². The summed E-state index contributed by atoms with van der Waals surface area (Å²) in [5.41, 5.74) is 3.03. The maximum absolute atomic E-state index is 12.2. The lowest BCUT2D eigenvalue weighted by molar-refractivity contribution is 0.106. The summed E-state index contributed by atoms with van der Waals surface area (Å²) in [5.74, 6) is -0.517. The van der Waals surface area contributed by atoms with Gasteiger partial charge >= 0.3 is 0 Å². The van der Waals surface area contributed by atoms with Crippen molar-refractivity contribution in [3.05, 3.63) is 63.1 Å². The van der Waals surface area contributed by atoms with Crippen molar-refractivity contribution >= 4 is 52.0 Å². The summed E-state index contributed by atoms with van der Waals surface area (Å²) in [6.07, 6.45) is 0. The van der Waals surface area contributed by atoms with Gasteiger partial charge in [0.1, 0.15) is 6.07 Å². The number of ketones is 1. The van der Waals surface area contributed by atoms with Crippen LogP contribution in [0.5, 0.6) is 0 Å². The molecule has 7 heteroatoms. The fraction of sp³-hybridized carbons (Fsp3) is 0. The van der Waals surface area contributed by atoms with Crippen molar-refractivity contribution in [2.75, 3.05) is 5.43 Å². The summed E-state index contributed by atoms with van der Waals surface area (Å²) in [6, 6.07) is 12.6. The van der Waals surface area contributed by atoms with Crippen molar-refractivity contribution < 1.29 is 4.79 Å². The summed E-state index contributed by atoms with van der Waals surface area (Å²) in [5, 5.41) is 14.2. The molecule has 0 heterocycles.